The molecule has 6 nitrogen and oxygen atoms in total. The molecule has 1 fully saturated rings. The second-order valence-corrected chi connectivity index (χ2v) is 5.65. The molecule has 0 bridgehead atoms. The first kappa shape index (κ1) is 14.8. The third kappa shape index (κ3) is 3.87. The highest BCUT2D eigenvalue weighted by molar-refractivity contribution is 5.84. The number of hydrogen-bond donors (Lipinski definition) is 2. The van der Waals surface area contributed by atoms with Gasteiger partial charge in [-0.15, -0.1) is 0 Å². The van der Waals surface area contributed by atoms with Gasteiger partial charge < -0.3 is 19.9 Å². The summed E-state index contributed by atoms with van der Waals surface area (Å²) < 4.78 is 10.4. The minimum atomic E-state index is -1.29. The van der Waals surface area contributed by atoms with Crippen molar-refractivity contribution in [3.63, 3.8) is 0 Å². The Morgan fingerprint density at radius 3 is 2.50 bits per heavy atom. The number of carboxylic acid groups (broad SMARTS) is 1. The molecule has 1 aliphatic rings. The molecular formula is C12H21NO5. The summed E-state index contributed by atoms with van der Waals surface area (Å²) in [4.78, 5) is 23.1. The highest BCUT2D eigenvalue weighted by Gasteiger charge is 2.44. The van der Waals surface area contributed by atoms with E-state index >= 15 is 0 Å². The van der Waals surface area contributed by atoms with Crippen molar-refractivity contribution in [2.24, 2.45) is 0 Å². The molecule has 1 aliphatic heterocycles. The molecule has 0 aliphatic carbocycles. The molecule has 2 atom stereocenters. The van der Waals surface area contributed by atoms with Gasteiger partial charge >= 0.3 is 12.1 Å². The van der Waals surface area contributed by atoms with Gasteiger partial charge in [-0.25, -0.2) is 9.59 Å². The van der Waals surface area contributed by atoms with Gasteiger partial charge in [0.15, 0.2) is 0 Å². The second-order valence-electron chi connectivity index (χ2n) is 5.65. The second kappa shape index (κ2) is 5.14. The first-order valence-electron chi connectivity index (χ1n) is 6.01. The van der Waals surface area contributed by atoms with Crippen LogP contribution >= 0.6 is 0 Å². The fourth-order valence-corrected chi connectivity index (χ4v) is 1.95. The number of rotatable bonds is 2. The lowest BCUT2D eigenvalue weighted by Crippen LogP contribution is -2.59. The fraction of sp³-hybridized carbons (Fsp3) is 0.833. The molecular weight excluding hydrogens is 238 g/mol. The molecule has 0 radical (unpaired) electrons. The lowest BCUT2D eigenvalue weighted by molar-refractivity contribution is -0.151. The molecule has 0 aromatic carbocycles. The van der Waals surface area contributed by atoms with Gasteiger partial charge in [0.2, 0.25) is 0 Å². The summed E-state index contributed by atoms with van der Waals surface area (Å²) in [5, 5.41) is 11.8. The SMILES string of the molecule is CC1CC(NC(=O)OC(C)(C)C)(C(=O)O)CCO1. The predicted molar refractivity (Wildman–Crippen MR) is 64.4 cm³/mol. The maximum Gasteiger partial charge on any atom is 0.408 e. The van der Waals surface area contributed by atoms with Gasteiger partial charge in [-0.2, -0.15) is 0 Å². The Hall–Kier alpha value is -1.30. The average Bonchev–Trinajstić information content (AvgIpc) is 2.13. The van der Waals surface area contributed by atoms with E-state index < -0.39 is 23.2 Å². The molecule has 0 saturated carbocycles. The van der Waals surface area contributed by atoms with Crippen molar-refractivity contribution in [1.29, 1.82) is 0 Å². The van der Waals surface area contributed by atoms with E-state index in [1.54, 1.807) is 27.7 Å². The van der Waals surface area contributed by atoms with Crippen LogP contribution in [-0.4, -0.2) is 41.0 Å². The highest BCUT2D eigenvalue weighted by Crippen LogP contribution is 2.25. The zero-order valence-electron chi connectivity index (χ0n) is 11.3. The maximum absolute atomic E-state index is 11.7. The van der Waals surface area contributed by atoms with E-state index in [2.05, 4.69) is 5.32 Å². The number of carboxylic acids is 1. The maximum atomic E-state index is 11.7. The number of amides is 1. The van der Waals surface area contributed by atoms with Crippen molar-refractivity contribution in [2.75, 3.05) is 6.61 Å². The van der Waals surface area contributed by atoms with Crippen LogP contribution in [0.25, 0.3) is 0 Å². The minimum absolute atomic E-state index is 0.204. The standard InChI is InChI=1S/C12H21NO5/c1-8-7-12(9(14)15,5-6-17-8)13-10(16)18-11(2,3)4/h8H,5-7H2,1-4H3,(H,13,16)(H,14,15). The summed E-state index contributed by atoms with van der Waals surface area (Å²) >= 11 is 0. The van der Waals surface area contributed by atoms with Crippen LogP contribution in [0.1, 0.15) is 40.5 Å². The van der Waals surface area contributed by atoms with E-state index in [1.165, 1.54) is 0 Å². The van der Waals surface area contributed by atoms with Crippen molar-refractivity contribution >= 4 is 12.1 Å². The van der Waals surface area contributed by atoms with Gasteiger partial charge in [0.25, 0.3) is 0 Å². The molecule has 1 saturated heterocycles. The third-order valence-electron chi connectivity index (χ3n) is 2.72. The number of hydrogen-bond acceptors (Lipinski definition) is 4. The largest absolute Gasteiger partial charge is 0.480 e. The summed E-state index contributed by atoms with van der Waals surface area (Å²) in [5.74, 6) is -1.05. The van der Waals surface area contributed by atoms with E-state index in [-0.39, 0.29) is 18.9 Å². The molecule has 0 spiro atoms. The number of carbonyl (C=O) groups is 2. The zero-order valence-corrected chi connectivity index (χ0v) is 11.3. The van der Waals surface area contributed by atoms with Crippen molar-refractivity contribution in [3.8, 4) is 0 Å². The molecule has 2 N–H and O–H groups in total. The summed E-state index contributed by atoms with van der Waals surface area (Å²) in [7, 11) is 0. The number of carbonyl (C=O) groups excluding carboxylic acids is 1. The van der Waals surface area contributed by atoms with Crippen LogP contribution < -0.4 is 5.32 Å². The monoisotopic (exact) mass is 259 g/mol. The lowest BCUT2D eigenvalue weighted by atomic mass is 9.87. The van der Waals surface area contributed by atoms with E-state index in [0.717, 1.165) is 0 Å². The Balaban J connectivity index is 2.74. The van der Waals surface area contributed by atoms with Crippen molar-refractivity contribution in [1.82, 2.24) is 5.32 Å². The Kier molecular flexibility index (Phi) is 4.21. The summed E-state index contributed by atoms with van der Waals surface area (Å²) in [5.41, 5.74) is -1.94. The Morgan fingerprint density at radius 2 is 2.06 bits per heavy atom. The van der Waals surface area contributed by atoms with E-state index in [9.17, 15) is 14.7 Å². The van der Waals surface area contributed by atoms with Crippen LogP contribution in [0, 0.1) is 0 Å². The van der Waals surface area contributed by atoms with Crippen molar-refractivity contribution < 1.29 is 24.2 Å². The lowest BCUT2D eigenvalue weighted by Gasteiger charge is -2.37. The van der Waals surface area contributed by atoms with Gasteiger partial charge in [0.1, 0.15) is 11.1 Å². The normalized spacial score (nSPS) is 28.6. The summed E-state index contributed by atoms with van der Waals surface area (Å²) in [6.07, 6.45) is -0.434. The molecule has 1 amide bonds. The molecule has 6 heteroatoms. The number of ether oxygens (including phenoxy) is 2. The molecule has 1 heterocycles. The van der Waals surface area contributed by atoms with Gasteiger partial charge in [-0.05, 0) is 27.7 Å². The molecule has 104 valence electrons. The van der Waals surface area contributed by atoms with Crippen molar-refractivity contribution in [2.45, 2.75) is 57.8 Å². The van der Waals surface area contributed by atoms with E-state index in [4.69, 9.17) is 9.47 Å². The van der Waals surface area contributed by atoms with E-state index in [0.29, 0.717) is 6.61 Å². The summed E-state index contributed by atoms with van der Waals surface area (Å²) in [6.45, 7) is 7.28. The first-order chi connectivity index (χ1) is 8.15. The average molecular weight is 259 g/mol. The molecule has 0 aromatic heterocycles. The van der Waals surface area contributed by atoms with Crippen LogP contribution in [0.4, 0.5) is 4.79 Å². The first-order valence-corrected chi connectivity index (χ1v) is 6.01. The number of aliphatic carboxylic acids is 1. The van der Waals surface area contributed by atoms with Gasteiger partial charge in [0, 0.05) is 19.4 Å². The number of alkyl carbamates (subject to hydrolysis) is 1. The topological polar surface area (TPSA) is 84.9 Å². The smallest absolute Gasteiger partial charge is 0.408 e. The Morgan fingerprint density at radius 1 is 1.44 bits per heavy atom. The van der Waals surface area contributed by atoms with Crippen LogP contribution in [0.15, 0.2) is 0 Å². The van der Waals surface area contributed by atoms with Crippen LogP contribution in [-0.2, 0) is 14.3 Å². The van der Waals surface area contributed by atoms with Gasteiger partial charge in [-0.1, -0.05) is 0 Å². The molecule has 2 unspecified atom stereocenters. The Bertz CT molecular complexity index is 336. The minimum Gasteiger partial charge on any atom is -0.480 e. The van der Waals surface area contributed by atoms with Gasteiger partial charge in [-0.3, -0.25) is 0 Å². The van der Waals surface area contributed by atoms with Crippen LogP contribution in [0.2, 0.25) is 0 Å². The molecule has 1 rings (SSSR count). The Labute approximate surface area is 107 Å². The predicted octanol–water partition coefficient (Wildman–Crippen LogP) is 1.53. The molecule has 18 heavy (non-hydrogen) atoms. The number of nitrogens with one attached hydrogen (secondary N) is 1. The van der Waals surface area contributed by atoms with Gasteiger partial charge in [0.05, 0.1) is 6.10 Å². The quantitative estimate of drug-likeness (QED) is 0.785. The van der Waals surface area contributed by atoms with E-state index in [1.807, 2.05) is 0 Å². The van der Waals surface area contributed by atoms with Crippen LogP contribution in [0.3, 0.4) is 0 Å². The third-order valence-corrected chi connectivity index (χ3v) is 2.72. The summed E-state index contributed by atoms with van der Waals surface area (Å²) in [6, 6.07) is 0. The van der Waals surface area contributed by atoms with Crippen LogP contribution in [0.5, 0.6) is 0 Å². The molecule has 0 aromatic rings. The zero-order chi connectivity index (χ0) is 14.0. The fourth-order valence-electron chi connectivity index (χ4n) is 1.95. The van der Waals surface area contributed by atoms with Crippen molar-refractivity contribution in [3.05, 3.63) is 0 Å². The highest BCUT2D eigenvalue weighted by atomic mass is 16.6.